The van der Waals surface area contributed by atoms with Crippen molar-refractivity contribution in [2.45, 2.75) is 18.4 Å². The second-order valence-electron chi connectivity index (χ2n) is 8.09. The largest absolute Gasteiger partial charge is 0.494 e. The van der Waals surface area contributed by atoms with Gasteiger partial charge in [-0.2, -0.15) is 0 Å². The molecule has 3 aromatic carbocycles. The van der Waals surface area contributed by atoms with E-state index in [1.54, 1.807) is 48.5 Å². The van der Waals surface area contributed by atoms with Crippen molar-refractivity contribution in [1.29, 1.82) is 0 Å². The summed E-state index contributed by atoms with van der Waals surface area (Å²) in [6.45, 7) is 2.34. The topological polar surface area (TPSA) is 131 Å². The molecule has 0 bridgehead atoms. The van der Waals surface area contributed by atoms with Crippen LogP contribution in [-0.2, 0) is 31.4 Å². The third kappa shape index (κ3) is 8.48. The van der Waals surface area contributed by atoms with E-state index >= 15 is 0 Å². The number of nitrogens with one attached hydrogen (secondary N) is 2. The number of hydrogen-bond donors (Lipinski definition) is 2. The average molecular weight is 548 g/mol. The summed E-state index contributed by atoms with van der Waals surface area (Å²) >= 11 is 0. The van der Waals surface area contributed by atoms with Crippen LogP contribution in [0.3, 0.4) is 0 Å². The molecule has 0 saturated heterocycles. The predicted octanol–water partition coefficient (Wildman–Crippen LogP) is 3.30. The molecule has 37 heavy (non-hydrogen) atoms. The Labute approximate surface area is 217 Å². The number of nitrogens with zero attached hydrogens (tertiary/aromatic N) is 1. The van der Waals surface area contributed by atoms with Crippen molar-refractivity contribution in [3.8, 4) is 11.5 Å². The maximum absolute atomic E-state index is 12.7. The zero-order valence-corrected chi connectivity index (χ0v) is 22.3. The van der Waals surface area contributed by atoms with E-state index < -0.39 is 26.0 Å². The number of carbonyl (C=O) groups excluding carboxylic acids is 1. The zero-order chi connectivity index (χ0) is 27.1. The van der Waals surface area contributed by atoms with Gasteiger partial charge in [0, 0.05) is 25.0 Å². The van der Waals surface area contributed by atoms with E-state index in [0.717, 1.165) is 11.8 Å². The summed E-state index contributed by atoms with van der Waals surface area (Å²) in [6.07, 6.45) is 1.13. The first-order valence-electron chi connectivity index (χ1n) is 11.2. The van der Waals surface area contributed by atoms with Crippen LogP contribution < -0.4 is 19.5 Å². The lowest BCUT2D eigenvalue weighted by Crippen LogP contribution is -2.24. The summed E-state index contributed by atoms with van der Waals surface area (Å²) in [5.41, 5.74) is 1.58. The van der Waals surface area contributed by atoms with Gasteiger partial charge in [-0.25, -0.2) is 21.1 Å². The molecule has 0 aliphatic carbocycles. The number of carbonyl (C=O) groups is 1. The van der Waals surface area contributed by atoms with Crippen LogP contribution in [0.25, 0.3) is 0 Å². The number of ether oxygens (including phenoxy) is 2. The van der Waals surface area contributed by atoms with Gasteiger partial charge in [-0.05, 0) is 73.2 Å². The van der Waals surface area contributed by atoms with Crippen LogP contribution in [0.2, 0.25) is 0 Å². The lowest BCUT2D eigenvalue weighted by Gasteiger charge is -2.14. The summed E-state index contributed by atoms with van der Waals surface area (Å²) in [5.74, 6) is 0.663. The molecule has 0 radical (unpaired) electrons. The van der Waals surface area contributed by atoms with Crippen LogP contribution in [0.15, 0.2) is 77.7 Å². The van der Waals surface area contributed by atoms with E-state index in [1.807, 2.05) is 6.92 Å². The van der Waals surface area contributed by atoms with Crippen molar-refractivity contribution in [1.82, 2.24) is 4.31 Å². The fourth-order valence-electron chi connectivity index (χ4n) is 3.13. The summed E-state index contributed by atoms with van der Waals surface area (Å²) in [4.78, 5) is 12.3. The predicted molar refractivity (Wildman–Crippen MR) is 142 cm³/mol. The maximum atomic E-state index is 12.7. The summed E-state index contributed by atoms with van der Waals surface area (Å²) in [5, 5.41) is 2.65. The molecule has 198 valence electrons. The molecule has 1 amide bonds. The molecule has 0 fully saturated rings. The first-order chi connectivity index (χ1) is 17.5. The fraction of sp³-hybridized carbons (Fsp3) is 0.240. The zero-order valence-electron chi connectivity index (χ0n) is 20.7. The van der Waals surface area contributed by atoms with E-state index in [2.05, 4.69) is 10.0 Å². The number of rotatable bonds is 12. The number of sulfonamides is 2. The molecular formula is C25H29N3O7S2. The molecule has 0 saturated carbocycles. The molecule has 2 N–H and O–H groups in total. The van der Waals surface area contributed by atoms with Crippen LogP contribution in [0.4, 0.5) is 11.4 Å². The van der Waals surface area contributed by atoms with Gasteiger partial charge in [0.05, 0.1) is 17.8 Å². The molecule has 0 spiro atoms. The highest BCUT2D eigenvalue weighted by atomic mass is 32.2. The monoisotopic (exact) mass is 547 g/mol. The van der Waals surface area contributed by atoms with Crippen LogP contribution in [0, 0.1) is 0 Å². The van der Waals surface area contributed by atoms with Gasteiger partial charge in [0.25, 0.3) is 15.9 Å². The lowest BCUT2D eigenvalue weighted by atomic mass is 10.2. The standard InChI is InChI=1S/C25H29N3O7S2/c1-4-34-22-13-7-21(8-14-22)27-37(32,33)24-15-9-20(10-16-24)26-25(29)18-35-23-11-5-19(6-12-23)17-28(2)36(3,30)31/h5-16,27H,4,17-18H2,1-3H3,(H,26,29). The summed E-state index contributed by atoms with van der Waals surface area (Å²) < 4.78 is 62.9. The highest BCUT2D eigenvalue weighted by molar-refractivity contribution is 7.92. The Kier molecular flexibility index (Phi) is 9.14. The van der Waals surface area contributed by atoms with E-state index in [9.17, 15) is 21.6 Å². The molecule has 0 atom stereocenters. The number of anilines is 2. The second-order valence-corrected chi connectivity index (χ2v) is 11.9. The van der Waals surface area contributed by atoms with Crippen LogP contribution >= 0.6 is 0 Å². The second kappa shape index (κ2) is 12.1. The third-order valence-electron chi connectivity index (χ3n) is 5.13. The minimum Gasteiger partial charge on any atom is -0.494 e. The molecule has 3 aromatic rings. The normalized spacial score (nSPS) is 11.7. The Bertz CT molecular complexity index is 1410. The van der Waals surface area contributed by atoms with Crippen molar-refractivity contribution in [2.24, 2.45) is 0 Å². The van der Waals surface area contributed by atoms with Crippen molar-refractivity contribution < 1.29 is 31.1 Å². The smallest absolute Gasteiger partial charge is 0.262 e. The van der Waals surface area contributed by atoms with Crippen LogP contribution in [0.5, 0.6) is 11.5 Å². The van der Waals surface area contributed by atoms with Gasteiger partial charge < -0.3 is 14.8 Å². The Hall–Kier alpha value is -3.61. The fourth-order valence-corrected chi connectivity index (χ4v) is 4.57. The van der Waals surface area contributed by atoms with Gasteiger partial charge in [0.2, 0.25) is 10.0 Å². The van der Waals surface area contributed by atoms with E-state index in [1.165, 1.54) is 35.6 Å². The van der Waals surface area contributed by atoms with Gasteiger partial charge in [0.1, 0.15) is 11.5 Å². The lowest BCUT2D eigenvalue weighted by molar-refractivity contribution is -0.118. The minimum atomic E-state index is -3.81. The van der Waals surface area contributed by atoms with Crippen molar-refractivity contribution >= 4 is 37.3 Å². The number of benzene rings is 3. The average Bonchev–Trinajstić information content (AvgIpc) is 2.84. The van der Waals surface area contributed by atoms with Gasteiger partial charge >= 0.3 is 0 Å². The molecule has 10 nitrogen and oxygen atoms in total. The Morgan fingerprint density at radius 2 is 1.35 bits per heavy atom. The Morgan fingerprint density at radius 3 is 1.92 bits per heavy atom. The van der Waals surface area contributed by atoms with Gasteiger partial charge in [-0.3, -0.25) is 9.52 Å². The first-order valence-corrected chi connectivity index (χ1v) is 14.6. The summed E-state index contributed by atoms with van der Waals surface area (Å²) in [6, 6.07) is 19.0. The van der Waals surface area contributed by atoms with E-state index in [4.69, 9.17) is 9.47 Å². The molecule has 3 rings (SSSR count). The van der Waals surface area contributed by atoms with Crippen molar-refractivity contribution in [2.75, 3.05) is 36.6 Å². The van der Waals surface area contributed by atoms with Crippen LogP contribution in [0.1, 0.15) is 12.5 Å². The molecule has 0 aromatic heterocycles. The van der Waals surface area contributed by atoms with Crippen molar-refractivity contribution in [3.63, 3.8) is 0 Å². The van der Waals surface area contributed by atoms with Crippen LogP contribution in [-0.4, -0.2) is 53.6 Å². The van der Waals surface area contributed by atoms with Gasteiger partial charge in [0.15, 0.2) is 6.61 Å². The Balaban J connectivity index is 1.51. The minimum absolute atomic E-state index is 0.0391. The SMILES string of the molecule is CCOc1ccc(NS(=O)(=O)c2ccc(NC(=O)COc3ccc(CN(C)S(C)(=O)=O)cc3)cc2)cc1. The molecule has 0 heterocycles. The van der Waals surface area contributed by atoms with Crippen molar-refractivity contribution in [3.05, 3.63) is 78.4 Å². The third-order valence-corrected chi connectivity index (χ3v) is 7.79. The van der Waals surface area contributed by atoms with E-state index in [0.29, 0.717) is 29.5 Å². The first kappa shape index (κ1) is 28.0. The molecular weight excluding hydrogens is 518 g/mol. The van der Waals surface area contributed by atoms with E-state index in [-0.39, 0.29) is 18.0 Å². The molecule has 0 aliphatic rings. The number of hydrogen-bond acceptors (Lipinski definition) is 7. The maximum Gasteiger partial charge on any atom is 0.262 e. The molecule has 12 heteroatoms. The summed E-state index contributed by atoms with van der Waals surface area (Å²) in [7, 11) is -5.61. The van der Waals surface area contributed by atoms with Gasteiger partial charge in [-0.1, -0.05) is 12.1 Å². The highest BCUT2D eigenvalue weighted by Gasteiger charge is 2.15. The van der Waals surface area contributed by atoms with Gasteiger partial charge in [-0.15, -0.1) is 0 Å². The highest BCUT2D eigenvalue weighted by Crippen LogP contribution is 2.21. The molecule has 0 unspecified atom stereocenters. The quantitative estimate of drug-likeness (QED) is 0.356. The Morgan fingerprint density at radius 1 is 0.811 bits per heavy atom. The number of amides is 1. The molecule has 0 aliphatic heterocycles.